The van der Waals surface area contributed by atoms with Crippen LogP contribution in [0.4, 0.5) is 0 Å². The van der Waals surface area contributed by atoms with Gasteiger partial charge in [-0.2, -0.15) is 0 Å². The summed E-state index contributed by atoms with van der Waals surface area (Å²) in [5.41, 5.74) is 0.950. The van der Waals surface area contributed by atoms with E-state index in [0.717, 1.165) is 16.6 Å². The number of methoxy groups -OCH3 is 1. The molecule has 0 radical (unpaired) electrons. The van der Waals surface area contributed by atoms with E-state index in [0.29, 0.717) is 32.0 Å². The minimum atomic E-state index is -0.695. The first-order valence-corrected chi connectivity index (χ1v) is 11.3. The summed E-state index contributed by atoms with van der Waals surface area (Å²) < 4.78 is 6.08. The average molecular weight is 510 g/mol. The summed E-state index contributed by atoms with van der Waals surface area (Å²) in [5, 5.41) is 21.3. The zero-order valence-corrected chi connectivity index (χ0v) is 19.3. The molecule has 4 rings (SSSR count). The van der Waals surface area contributed by atoms with Crippen molar-refractivity contribution in [1.29, 1.82) is 0 Å². The molecular weight excluding hydrogens is 492 g/mol. The molecule has 0 spiro atoms. The maximum atomic E-state index is 13.1. The number of phenolic OH excluding ortho intramolecular Hbond substituents is 1. The van der Waals surface area contributed by atoms with Gasteiger partial charge in [-0.3, -0.25) is 15.1 Å². The highest BCUT2D eigenvalue weighted by Crippen LogP contribution is 2.40. The Hall–Kier alpha value is -2.23. The molecule has 0 fully saturated rings. The van der Waals surface area contributed by atoms with Crippen LogP contribution in [-0.4, -0.2) is 34.1 Å². The van der Waals surface area contributed by atoms with E-state index in [1.54, 1.807) is 11.1 Å². The Labute approximate surface area is 190 Å². The van der Waals surface area contributed by atoms with Crippen molar-refractivity contribution >= 4 is 56.1 Å². The average Bonchev–Trinajstić information content (AvgIpc) is 2.72. The molecule has 0 aliphatic carbocycles. The fraction of sp³-hybridized carbons (Fsp3) is 0.250. The van der Waals surface area contributed by atoms with Gasteiger partial charge >= 0.3 is 0 Å². The highest BCUT2D eigenvalue weighted by molar-refractivity contribution is 9.10. The standard InChI is InChI=1S/C20H18BrClN4O3S/c1-3-6-30-20-24-19(28)17-12-7-10(21)4-5-14(12)23-18(26(17)25-20)11-8-16(29-2)15(27)9-13(11)22/h4-5,7-9,18,27H,3,6H2,1-2H3,(H,24,25,28). The van der Waals surface area contributed by atoms with E-state index in [2.05, 4.69) is 33.3 Å². The van der Waals surface area contributed by atoms with Crippen molar-refractivity contribution in [1.82, 2.24) is 10.3 Å². The van der Waals surface area contributed by atoms with Crippen LogP contribution in [0.1, 0.15) is 25.1 Å². The number of aromatic hydroxyl groups is 1. The van der Waals surface area contributed by atoms with E-state index in [9.17, 15) is 9.90 Å². The Balaban J connectivity index is 1.96. The zero-order valence-electron chi connectivity index (χ0n) is 16.1. The van der Waals surface area contributed by atoms with Crippen LogP contribution in [0.2, 0.25) is 5.02 Å². The number of hydrogen-bond acceptors (Lipinski definition) is 7. The molecular formula is C20H18BrClN4O3S. The highest BCUT2D eigenvalue weighted by atomic mass is 79.9. The molecule has 0 saturated carbocycles. The van der Waals surface area contributed by atoms with Gasteiger partial charge in [0.05, 0.1) is 17.5 Å². The Morgan fingerprint density at radius 2 is 2.17 bits per heavy atom. The molecule has 10 heteroatoms. The normalized spacial score (nSPS) is 17.5. The topological polar surface area (TPSA) is 86.5 Å². The van der Waals surface area contributed by atoms with Gasteiger partial charge in [-0.15, -0.1) is 5.10 Å². The lowest BCUT2D eigenvalue weighted by Crippen LogP contribution is -2.50. The number of carbonyl (C=O) groups excluding carboxylic acids is 1. The number of rotatable bonds is 4. The monoisotopic (exact) mass is 508 g/mol. The molecule has 2 N–H and O–H groups in total. The fourth-order valence-electron chi connectivity index (χ4n) is 3.24. The molecule has 2 heterocycles. The van der Waals surface area contributed by atoms with E-state index in [4.69, 9.17) is 21.3 Å². The Morgan fingerprint density at radius 1 is 1.37 bits per heavy atom. The van der Waals surface area contributed by atoms with Gasteiger partial charge in [0.1, 0.15) is 5.70 Å². The largest absolute Gasteiger partial charge is 0.504 e. The zero-order chi connectivity index (χ0) is 21.4. The minimum absolute atomic E-state index is 0.0744. The Morgan fingerprint density at radius 3 is 2.90 bits per heavy atom. The second kappa shape index (κ2) is 8.49. The second-order valence-electron chi connectivity index (χ2n) is 6.61. The molecule has 156 valence electrons. The van der Waals surface area contributed by atoms with Crippen LogP contribution < -0.4 is 20.6 Å². The number of hydrogen-bond donors (Lipinski definition) is 2. The summed E-state index contributed by atoms with van der Waals surface area (Å²) >= 11 is 11.4. The van der Waals surface area contributed by atoms with Crippen molar-refractivity contribution in [3.8, 4) is 11.5 Å². The lowest BCUT2D eigenvalue weighted by atomic mass is 10.1. The van der Waals surface area contributed by atoms with Gasteiger partial charge in [-0.1, -0.05) is 46.2 Å². The van der Waals surface area contributed by atoms with Crippen LogP contribution in [0, 0.1) is 0 Å². The van der Waals surface area contributed by atoms with Gasteiger partial charge in [0.25, 0.3) is 5.91 Å². The first-order valence-electron chi connectivity index (χ1n) is 9.19. The van der Waals surface area contributed by atoms with Gasteiger partial charge < -0.3 is 9.84 Å². The first-order chi connectivity index (χ1) is 14.4. The third-order valence-corrected chi connectivity index (χ3v) is 6.48. The number of carbonyl (C=O) groups is 1. The molecule has 1 unspecified atom stereocenters. The number of benzene rings is 2. The molecule has 2 aromatic carbocycles. The van der Waals surface area contributed by atoms with Crippen LogP contribution in [0.15, 0.2) is 44.9 Å². The number of nitrogens with zero attached hydrogens (tertiary/aromatic N) is 3. The van der Waals surface area contributed by atoms with Gasteiger partial charge in [0.15, 0.2) is 22.8 Å². The minimum Gasteiger partial charge on any atom is -0.504 e. The highest BCUT2D eigenvalue weighted by Gasteiger charge is 2.35. The number of fused-ring (bicyclic) bond motifs is 2. The summed E-state index contributed by atoms with van der Waals surface area (Å²) in [6.45, 7) is 2.06. The number of hydrazone groups is 1. The Kier molecular flexibility index (Phi) is 5.95. The smallest absolute Gasteiger partial charge is 0.276 e. The Bertz CT molecular complexity index is 1190. The predicted molar refractivity (Wildman–Crippen MR) is 121 cm³/mol. The quantitative estimate of drug-likeness (QED) is 0.661. The summed E-state index contributed by atoms with van der Waals surface area (Å²) in [6, 6.07) is 8.56. The SMILES string of the molecule is CCCSC1=NN2C(=c3cc(Br)ccc3=NC2c2cc(OC)c(O)cc2Cl)C(=O)N1. The van der Waals surface area contributed by atoms with E-state index >= 15 is 0 Å². The molecule has 0 saturated heterocycles. The number of nitrogens with one attached hydrogen (secondary N) is 1. The summed E-state index contributed by atoms with van der Waals surface area (Å²) in [6.07, 6.45) is 0.250. The van der Waals surface area contributed by atoms with Crippen LogP contribution in [0.5, 0.6) is 11.5 Å². The van der Waals surface area contributed by atoms with Crippen LogP contribution >= 0.6 is 39.3 Å². The predicted octanol–water partition coefficient (Wildman–Crippen LogP) is 3.10. The van der Waals surface area contributed by atoms with E-state index in [1.165, 1.54) is 24.9 Å². The van der Waals surface area contributed by atoms with Crippen molar-refractivity contribution in [3.05, 3.63) is 56.0 Å². The molecule has 0 bridgehead atoms. The molecule has 30 heavy (non-hydrogen) atoms. The lowest BCUT2D eigenvalue weighted by Gasteiger charge is -2.34. The van der Waals surface area contributed by atoms with Crippen LogP contribution in [-0.2, 0) is 4.79 Å². The maximum absolute atomic E-state index is 13.1. The summed E-state index contributed by atoms with van der Waals surface area (Å²) in [5.74, 6) is 0.748. The lowest BCUT2D eigenvalue weighted by molar-refractivity contribution is -0.116. The number of amides is 1. The molecule has 1 atom stereocenters. The number of halogens is 2. The molecule has 0 aromatic heterocycles. The molecule has 2 aliphatic heterocycles. The number of thioether (sulfide) groups is 1. The molecule has 2 aliphatic rings. The maximum Gasteiger partial charge on any atom is 0.276 e. The van der Waals surface area contributed by atoms with Gasteiger partial charge in [0, 0.05) is 27.1 Å². The first kappa shape index (κ1) is 21.0. The van der Waals surface area contributed by atoms with Gasteiger partial charge in [-0.05, 0) is 30.7 Å². The summed E-state index contributed by atoms with van der Waals surface area (Å²) in [7, 11) is 1.46. The number of amidine groups is 1. The van der Waals surface area contributed by atoms with Gasteiger partial charge in [-0.25, -0.2) is 5.01 Å². The molecule has 1 amide bonds. The second-order valence-corrected chi connectivity index (χ2v) is 9.02. The number of ether oxygens (including phenoxy) is 1. The van der Waals surface area contributed by atoms with E-state index in [1.807, 2.05) is 18.2 Å². The molecule has 2 aromatic rings. The molecule has 7 nitrogen and oxygen atoms in total. The van der Waals surface area contributed by atoms with Crippen LogP contribution in [0.25, 0.3) is 5.70 Å². The van der Waals surface area contributed by atoms with Crippen molar-refractivity contribution < 1.29 is 14.6 Å². The van der Waals surface area contributed by atoms with Gasteiger partial charge in [0.2, 0.25) is 0 Å². The van der Waals surface area contributed by atoms with Crippen molar-refractivity contribution in [2.45, 2.75) is 19.5 Å². The summed E-state index contributed by atoms with van der Waals surface area (Å²) in [4.78, 5) is 17.9. The van der Waals surface area contributed by atoms with Crippen LogP contribution in [0.3, 0.4) is 0 Å². The van der Waals surface area contributed by atoms with Crippen molar-refractivity contribution in [2.24, 2.45) is 10.1 Å². The third-order valence-electron chi connectivity index (χ3n) is 4.59. The van der Waals surface area contributed by atoms with Crippen molar-refractivity contribution in [3.63, 3.8) is 0 Å². The van der Waals surface area contributed by atoms with E-state index in [-0.39, 0.29) is 17.4 Å². The fourth-order valence-corrected chi connectivity index (χ4v) is 4.56. The van der Waals surface area contributed by atoms with E-state index < -0.39 is 6.17 Å². The third kappa shape index (κ3) is 3.77. The number of phenols is 1. The van der Waals surface area contributed by atoms with Crippen molar-refractivity contribution in [2.75, 3.05) is 12.9 Å².